The zero-order valence-corrected chi connectivity index (χ0v) is 19.5. The summed E-state index contributed by atoms with van der Waals surface area (Å²) < 4.78 is 6.53. The van der Waals surface area contributed by atoms with E-state index in [9.17, 15) is 4.79 Å². The van der Waals surface area contributed by atoms with Gasteiger partial charge in [0, 0.05) is 10.6 Å². The van der Waals surface area contributed by atoms with Crippen LogP contribution >= 0.6 is 35.6 Å². The van der Waals surface area contributed by atoms with Crippen LogP contribution in [0.15, 0.2) is 71.6 Å². The fourth-order valence-corrected chi connectivity index (χ4v) is 4.59. The van der Waals surface area contributed by atoms with Crippen molar-refractivity contribution in [1.29, 1.82) is 0 Å². The van der Waals surface area contributed by atoms with Crippen molar-refractivity contribution in [3.8, 4) is 5.75 Å². The molecular weight excluding hydrogens is 446 g/mol. The number of ether oxygens (including phenoxy) is 1. The standard InChI is InChI=1S/C25H20ClNO2S2/c1-16-7-10-18(11-8-16)15-29-22-6-4-3-5-19(22)13-23-24(28)27(25(30)31-23)20-12-9-17(2)21(26)14-20/h3-14H,15H2,1-2H3/b23-13-. The largest absolute Gasteiger partial charge is 0.488 e. The number of hydrogen-bond acceptors (Lipinski definition) is 4. The molecule has 156 valence electrons. The van der Waals surface area contributed by atoms with Crippen molar-refractivity contribution in [2.24, 2.45) is 0 Å². The molecule has 6 heteroatoms. The van der Waals surface area contributed by atoms with Crippen molar-refractivity contribution in [3.63, 3.8) is 0 Å². The van der Waals surface area contributed by atoms with Crippen LogP contribution in [0.5, 0.6) is 5.75 Å². The van der Waals surface area contributed by atoms with Gasteiger partial charge in [-0.25, -0.2) is 0 Å². The molecule has 3 aromatic rings. The van der Waals surface area contributed by atoms with E-state index in [1.54, 1.807) is 6.07 Å². The van der Waals surface area contributed by atoms with Gasteiger partial charge in [-0.05, 0) is 49.2 Å². The molecule has 0 spiro atoms. The molecule has 0 unspecified atom stereocenters. The van der Waals surface area contributed by atoms with Crippen molar-refractivity contribution < 1.29 is 9.53 Å². The first-order valence-corrected chi connectivity index (χ1v) is 11.3. The lowest BCUT2D eigenvalue weighted by Gasteiger charge is -2.15. The highest BCUT2D eigenvalue weighted by atomic mass is 35.5. The summed E-state index contributed by atoms with van der Waals surface area (Å²) in [6, 6.07) is 21.4. The molecule has 0 aromatic heterocycles. The Morgan fingerprint density at radius 2 is 1.81 bits per heavy atom. The van der Waals surface area contributed by atoms with Gasteiger partial charge < -0.3 is 4.74 Å². The average Bonchev–Trinajstić information content (AvgIpc) is 3.03. The average molecular weight is 466 g/mol. The molecule has 0 radical (unpaired) electrons. The minimum atomic E-state index is -0.164. The number of carbonyl (C=O) groups is 1. The van der Waals surface area contributed by atoms with E-state index in [4.69, 9.17) is 28.6 Å². The monoisotopic (exact) mass is 465 g/mol. The van der Waals surface area contributed by atoms with Gasteiger partial charge in [0.15, 0.2) is 4.32 Å². The quantitative estimate of drug-likeness (QED) is 0.301. The number of aryl methyl sites for hydroxylation is 2. The predicted octanol–water partition coefficient (Wildman–Crippen LogP) is 6.94. The van der Waals surface area contributed by atoms with Crippen LogP contribution in [0.1, 0.15) is 22.3 Å². The smallest absolute Gasteiger partial charge is 0.270 e. The van der Waals surface area contributed by atoms with Gasteiger partial charge in [-0.2, -0.15) is 0 Å². The third kappa shape index (κ3) is 4.85. The van der Waals surface area contributed by atoms with Crippen molar-refractivity contribution >= 4 is 57.6 Å². The highest BCUT2D eigenvalue weighted by molar-refractivity contribution is 8.27. The zero-order valence-electron chi connectivity index (χ0n) is 17.1. The normalized spacial score (nSPS) is 15.1. The molecule has 1 aliphatic heterocycles. The van der Waals surface area contributed by atoms with Crippen molar-refractivity contribution in [1.82, 2.24) is 0 Å². The molecule has 1 heterocycles. The fraction of sp³-hybridized carbons (Fsp3) is 0.120. The summed E-state index contributed by atoms with van der Waals surface area (Å²) in [7, 11) is 0. The summed E-state index contributed by atoms with van der Waals surface area (Å²) in [5, 5.41) is 0.602. The van der Waals surface area contributed by atoms with Crippen LogP contribution in [0.25, 0.3) is 6.08 Å². The second-order valence-corrected chi connectivity index (χ2v) is 9.35. The number of rotatable bonds is 5. The summed E-state index contributed by atoms with van der Waals surface area (Å²) in [6.07, 6.45) is 1.83. The van der Waals surface area contributed by atoms with Crippen LogP contribution in [0.3, 0.4) is 0 Å². The number of anilines is 1. The van der Waals surface area contributed by atoms with Crippen LogP contribution in [0.4, 0.5) is 5.69 Å². The topological polar surface area (TPSA) is 29.5 Å². The fourth-order valence-electron chi connectivity index (χ4n) is 3.13. The summed E-state index contributed by atoms with van der Waals surface area (Å²) in [5.41, 5.74) is 4.75. The van der Waals surface area contributed by atoms with E-state index < -0.39 is 0 Å². The Labute approximate surface area is 196 Å². The van der Waals surface area contributed by atoms with Gasteiger partial charge in [-0.3, -0.25) is 9.69 Å². The highest BCUT2D eigenvalue weighted by Crippen LogP contribution is 2.38. The third-order valence-electron chi connectivity index (χ3n) is 4.93. The van der Waals surface area contributed by atoms with Crippen molar-refractivity contribution in [2.45, 2.75) is 20.5 Å². The molecular formula is C25H20ClNO2S2. The van der Waals surface area contributed by atoms with E-state index in [2.05, 4.69) is 31.2 Å². The first-order chi connectivity index (χ1) is 14.9. The van der Waals surface area contributed by atoms with Gasteiger partial charge in [0.05, 0.1) is 10.6 Å². The molecule has 1 fully saturated rings. The zero-order chi connectivity index (χ0) is 22.0. The number of halogens is 1. The Morgan fingerprint density at radius 1 is 1.06 bits per heavy atom. The van der Waals surface area contributed by atoms with E-state index in [-0.39, 0.29) is 5.91 Å². The Hall–Kier alpha value is -2.60. The van der Waals surface area contributed by atoms with Crippen LogP contribution in [-0.4, -0.2) is 10.2 Å². The number of thioether (sulfide) groups is 1. The van der Waals surface area contributed by atoms with Crippen molar-refractivity contribution in [3.05, 3.63) is 98.9 Å². The van der Waals surface area contributed by atoms with Gasteiger partial charge in [-0.15, -0.1) is 0 Å². The minimum Gasteiger partial charge on any atom is -0.488 e. The molecule has 0 atom stereocenters. The molecule has 0 N–H and O–H groups in total. The molecule has 0 bridgehead atoms. The molecule has 1 amide bonds. The minimum absolute atomic E-state index is 0.164. The van der Waals surface area contributed by atoms with Crippen LogP contribution in [0, 0.1) is 13.8 Å². The Bertz CT molecular complexity index is 1190. The second-order valence-electron chi connectivity index (χ2n) is 7.26. The SMILES string of the molecule is Cc1ccc(COc2ccccc2/C=C2\SC(=S)N(c3ccc(C)c(Cl)c3)C2=O)cc1. The van der Waals surface area contributed by atoms with Crippen LogP contribution in [0.2, 0.25) is 5.02 Å². The second kappa shape index (κ2) is 9.27. The number of thiocarbonyl (C=S) groups is 1. The van der Waals surface area contributed by atoms with E-state index in [1.165, 1.54) is 22.2 Å². The number of benzene rings is 3. The Kier molecular flexibility index (Phi) is 6.46. The van der Waals surface area contributed by atoms with Gasteiger partial charge in [0.2, 0.25) is 0 Å². The highest BCUT2D eigenvalue weighted by Gasteiger charge is 2.33. The number of para-hydroxylation sites is 1. The lowest BCUT2D eigenvalue weighted by atomic mass is 10.1. The van der Waals surface area contributed by atoms with E-state index in [1.807, 2.05) is 49.4 Å². The van der Waals surface area contributed by atoms with Crippen LogP contribution < -0.4 is 9.64 Å². The van der Waals surface area contributed by atoms with E-state index in [0.29, 0.717) is 32.3 Å². The first kappa shape index (κ1) is 21.6. The Balaban J connectivity index is 1.57. The Morgan fingerprint density at radius 3 is 2.55 bits per heavy atom. The van der Waals surface area contributed by atoms with Crippen molar-refractivity contribution in [2.75, 3.05) is 4.90 Å². The predicted molar refractivity (Wildman–Crippen MR) is 134 cm³/mol. The van der Waals surface area contributed by atoms with Gasteiger partial charge in [0.25, 0.3) is 5.91 Å². The molecule has 1 saturated heterocycles. The van der Waals surface area contributed by atoms with E-state index in [0.717, 1.165) is 16.7 Å². The molecule has 31 heavy (non-hydrogen) atoms. The summed E-state index contributed by atoms with van der Waals surface area (Å²) in [6.45, 7) is 4.43. The summed E-state index contributed by atoms with van der Waals surface area (Å²) in [5.74, 6) is 0.551. The number of nitrogens with zero attached hydrogens (tertiary/aromatic N) is 1. The summed E-state index contributed by atoms with van der Waals surface area (Å²) >= 11 is 13.0. The molecule has 0 aliphatic carbocycles. The maximum Gasteiger partial charge on any atom is 0.270 e. The number of carbonyl (C=O) groups excluding carboxylic acids is 1. The molecule has 3 aromatic carbocycles. The number of amides is 1. The van der Waals surface area contributed by atoms with Gasteiger partial charge in [0.1, 0.15) is 12.4 Å². The maximum atomic E-state index is 13.1. The third-order valence-corrected chi connectivity index (χ3v) is 6.64. The van der Waals surface area contributed by atoms with Gasteiger partial charge >= 0.3 is 0 Å². The summed E-state index contributed by atoms with van der Waals surface area (Å²) in [4.78, 5) is 15.2. The lowest BCUT2D eigenvalue weighted by Crippen LogP contribution is -2.27. The first-order valence-electron chi connectivity index (χ1n) is 9.74. The maximum absolute atomic E-state index is 13.1. The lowest BCUT2D eigenvalue weighted by molar-refractivity contribution is -0.113. The molecule has 1 aliphatic rings. The van der Waals surface area contributed by atoms with E-state index >= 15 is 0 Å². The van der Waals surface area contributed by atoms with Gasteiger partial charge in [-0.1, -0.05) is 89.7 Å². The molecule has 0 saturated carbocycles. The van der Waals surface area contributed by atoms with Crippen LogP contribution in [-0.2, 0) is 11.4 Å². The molecule has 3 nitrogen and oxygen atoms in total. The molecule has 4 rings (SSSR count). The number of hydrogen-bond donors (Lipinski definition) is 0.